The molecule has 0 radical (unpaired) electrons. The molecule has 1 aliphatic rings. The summed E-state index contributed by atoms with van der Waals surface area (Å²) in [5, 5.41) is 2.91. The van der Waals surface area contributed by atoms with Gasteiger partial charge in [0.2, 0.25) is 15.9 Å². The summed E-state index contributed by atoms with van der Waals surface area (Å²) >= 11 is 0. The Labute approximate surface area is 172 Å². The summed E-state index contributed by atoms with van der Waals surface area (Å²) in [5.74, 6) is 0.448. The van der Waals surface area contributed by atoms with Gasteiger partial charge in [-0.1, -0.05) is 42.8 Å². The van der Waals surface area contributed by atoms with E-state index in [1.165, 1.54) is 4.31 Å². The maximum Gasteiger partial charge on any atom is 0.243 e. The van der Waals surface area contributed by atoms with E-state index >= 15 is 0 Å². The smallest absolute Gasteiger partial charge is 0.243 e. The molecule has 1 heterocycles. The molecule has 1 aliphatic heterocycles. The minimum atomic E-state index is -3.72. The number of hydrogen-bond acceptors (Lipinski definition) is 4. The van der Waals surface area contributed by atoms with Crippen molar-refractivity contribution in [1.82, 2.24) is 9.62 Å². The Kier molecular flexibility index (Phi) is 6.92. The summed E-state index contributed by atoms with van der Waals surface area (Å²) in [5.41, 5.74) is 0.864. The lowest BCUT2D eigenvalue weighted by Gasteiger charge is -2.33. The van der Waals surface area contributed by atoms with Gasteiger partial charge in [-0.3, -0.25) is 4.79 Å². The van der Waals surface area contributed by atoms with Crippen molar-refractivity contribution in [3.05, 3.63) is 60.2 Å². The Morgan fingerprint density at radius 3 is 2.52 bits per heavy atom. The van der Waals surface area contributed by atoms with Crippen LogP contribution < -0.4 is 10.1 Å². The Morgan fingerprint density at radius 2 is 1.79 bits per heavy atom. The molecule has 0 aliphatic carbocycles. The van der Waals surface area contributed by atoms with Crippen molar-refractivity contribution in [1.29, 1.82) is 0 Å². The third-order valence-corrected chi connectivity index (χ3v) is 6.82. The number of carbonyl (C=O) groups is 1. The van der Waals surface area contributed by atoms with Gasteiger partial charge in [-0.15, -0.1) is 0 Å². The number of nitrogens with zero attached hydrogens (tertiary/aromatic N) is 1. The average molecular weight is 417 g/mol. The van der Waals surface area contributed by atoms with Crippen molar-refractivity contribution >= 4 is 15.9 Å². The number of sulfonamides is 1. The second kappa shape index (κ2) is 9.41. The average Bonchev–Trinajstić information content (AvgIpc) is 2.73. The number of nitrogens with one attached hydrogen (secondary N) is 1. The van der Waals surface area contributed by atoms with E-state index in [9.17, 15) is 13.2 Å². The third-order valence-electron chi connectivity index (χ3n) is 4.89. The Hall–Kier alpha value is -2.38. The molecule has 1 fully saturated rings. The fourth-order valence-corrected chi connectivity index (χ4v) is 5.18. The summed E-state index contributed by atoms with van der Waals surface area (Å²) in [4.78, 5) is 13.2. The van der Waals surface area contributed by atoms with Crippen LogP contribution in [0.25, 0.3) is 0 Å². The standard InChI is InChI=1S/C22H28N2O4S/c1-17(2)28-21-14-7-6-10-18(21)16-23-22(25)20-13-8-9-15-24(20)29(26,27)19-11-4-3-5-12-19/h3-7,10-12,14,17,20H,8-9,13,15-16H2,1-2H3,(H,23,25). The Morgan fingerprint density at radius 1 is 1.10 bits per heavy atom. The lowest BCUT2D eigenvalue weighted by molar-refractivity contribution is -0.125. The number of hydrogen-bond donors (Lipinski definition) is 1. The van der Waals surface area contributed by atoms with Crippen LogP contribution in [0.15, 0.2) is 59.5 Å². The second-order valence-corrected chi connectivity index (χ2v) is 9.32. The first-order valence-electron chi connectivity index (χ1n) is 9.99. The van der Waals surface area contributed by atoms with Crippen molar-refractivity contribution in [3.63, 3.8) is 0 Å². The second-order valence-electron chi connectivity index (χ2n) is 7.43. The highest BCUT2D eigenvalue weighted by Crippen LogP contribution is 2.26. The third kappa shape index (κ3) is 5.16. The lowest BCUT2D eigenvalue weighted by Crippen LogP contribution is -2.51. The molecular weight excluding hydrogens is 388 g/mol. The van der Waals surface area contributed by atoms with E-state index in [1.807, 2.05) is 38.1 Å². The van der Waals surface area contributed by atoms with Crippen molar-refractivity contribution in [3.8, 4) is 5.75 Å². The molecule has 2 aromatic carbocycles. The van der Waals surface area contributed by atoms with E-state index in [0.29, 0.717) is 13.0 Å². The normalized spacial score (nSPS) is 17.8. The highest BCUT2D eigenvalue weighted by Gasteiger charge is 2.37. The summed E-state index contributed by atoms with van der Waals surface area (Å²) in [6.45, 7) is 4.53. The van der Waals surface area contributed by atoms with Gasteiger partial charge in [-0.25, -0.2) is 8.42 Å². The zero-order valence-electron chi connectivity index (χ0n) is 16.9. The maximum absolute atomic E-state index is 13.1. The molecule has 0 bridgehead atoms. The van der Waals surface area contributed by atoms with Gasteiger partial charge >= 0.3 is 0 Å². The van der Waals surface area contributed by atoms with Crippen LogP contribution in [0.5, 0.6) is 5.75 Å². The maximum atomic E-state index is 13.1. The van der Waals surface area contributed by atoms with Crippen LogP contribution in [-0.2, 0) is 21.4 Å². The monoisotopic (exact) mass is 416 g/mol. The molecular formula is C22H28N2O4S. The summed E-state index contributed by atoms with van der Waals surface area (Å²) < 4.78 is 33.3. The molecule has 3 rings (SSSR count). The van der Waals surface area contributed by atoms with Crippen LogP contribution in [0.1, 0.15) is 38.7 Å². The topological polar surface area (TPSA) is 75.7 Å². The van der Waals surface area contributed by atoms with E-state index in [4.69, 9.17) is 4.74 Å². The number of amides is 1. The molecule has 0 saturated carbocycles. The van der Waals surface area contributed by atoms with Crippen molar-refractivity contribution in [2.24, 2.45) is 0 Å². The number of benzene rings is 2. The van der Waals surface area contributed by atoms with Gasteiger partial charge < -0.3 is 10.1 Å². The first-order chi connectivity index (χ1) is 13.9. The van der Waals surface area contributed by atoms with Crippen LogP contribution in [0.3, 0.4) is 0 Å². The van der Waals surface area contributed by atoms with Crippen LogP contribution in [0, 0.1) is 0 Å². The highest BCUT2D eigenvalue weighted by molar-refractivity contribution is 7.89. The predicted molar refractivity (Wildman–Crippen MR) is 112 cm³/mol. The van der Waals surface area contributed by atoms with Gasteiger partial charge in [0.1, 0.15) is 11.8 Å². The summed E-state index contributed by atoms with van der Waals surface area (Å²) in [6, 6.07) is 15.1. The van der Waals surface area contributed by atoms with E-state index in [-0.39, 0.29) is 23.5 Å². The fraction of sp³-hybridized carbons (Fsp3) is 0.409. The number of para-hydroxylation sites is 1. The predicted octanol–water partition coefficient (Wildman–Crippen LogP) is 3.33. The SMILES string of the molecule is CC(C)Oc1ccccc1CNC(=O)C1CCCCN1S(=O)(=O)c1ccccc1. The summed E-state index contributed by atoms with van der Waals surface area (Å²) in [7, 11) is -3.72. The highest BCUT2D eigenvalue weighted by atomic mass is 32.2. The van der Waals surface area contributed by atoms with Crippen molar-refractivity contribution in [2.45, 2.75) is 56.7 Å². The minimum absolute atomic E-state index is 0.0247. The fourth-order valence-electron chi connectivity index (χ4n) is 3.50. The van der Waals surface area contributed by atoms with Crippen molar-refractivity contribution < 1.29 is 17.9 Å². The van der Waals surface area contributed by atoms with Gasteiger partial charge in [0.25, 0.3) is 0 Å². The molecule has 1 unspecified atom stereocenters. The Balaban J connectivity index is 1.74. The molecule has 0 aromatic heterocycles. The number of ether oxygens (including phenoxy) is 1. The molecule has 2 aromatic rings. The van der Waals surface area contributed by atoms with E-state index in [1.54, 1.807) is 30.3 Å². The zero-order chi connectivity index (χ0) is 20.9. The lowest BCUT2D eigenvalue weighted by atomic mass is 10.0. The molecule has 7 heteroatoms. The van der Waals surface area contributed by atoms with Crippen LogP contribution in [0.4, 0.5) is 0 Å². The van der Waals surface area contributed by atoms with Crippen LogP contribution in [-0.4, -0.2) is 37.3 Å². The van der Waals surface area contributed by atoms with Crippen LogP contribution in [0.2, 0.25) is 0 Å². The van der Waals surface area contributed by atoms with Gasteiger partial charge in [-0.05, 0) is 44.9 Å². The Bertz CT molecular complexity index is 929. The molecule has 1 amide bonds. The van der Waals surface area contributed by atoms with Gasteiger partial charge in [0.05, 0.1) is 11.0 Å². The molecule has 6 nitrogen and oxygen atoms in total. The quantitative estimate of drug-likeness (QED) is 0.751. The van der Waals surface area contributed by atoms with Crippen molar-refractivity contribution in [2.75, 3.05) is 6.54 Å². The van der Waals surface area contributed by atoms with E-state index in [0.717, 1.165) is 24.2 Å². The molecule has 29 heavy (non-hydrogen) atoms. The van der Waals surface area contributed by atoms with Gasteiger partial charge in [-0.2, -0.15) is 4.31 Å². The number of rotatable bonds is 7. The first-order valence-corrected chi connectivity index (χ1v) is 11.4. The van der Waals surface area contributed by atoms with Gasteiger partial charge in [0, 0.05) is 18.7 Å². The molecule has 156 valence electrons. The minimum Gasteiger partial charge on any atom is -0.491 e. The number of carbonyl (C=O) groups excluding carboxylic acids is 1. The van der Waals surface area contributed by atoms with Gasteiger partial charge in [0.15, 0.2) is 0 Å². The van der Waals surface area contributed by atoms with E-state index in [2.05, 4.69) is 5.32 Å². The first kappa shape index (κ1) is 21.3. The molecule has 1 saturated heterocycles. The molecule has 0 spiro atoms. The number of piperidine rings is 1. The zero-order valence-corrected chi connectivity index (χ0v) is 17.7. The summed E-state index contributed by atoms with van der Waals surface area (Å²) in [6.07, 6.45) is 2.12. The molecule has 1 N–H and O–H groups in total. The van der Waals surface area contributed by atoms with E-state index < -0.39 is 16.1 Å². The van der Waals surface area contributed by atoms with Crippen LogP contribution >= 0.6 is 0 Å². The molecule has 1 atom stereocenters. The largest absolute Gasteiger partial charge is 0.491 e.